The summed E-state index contributed by atoms with van der Waals surface area (Å²) in [7, 11) is 0. The summed E-state index contributed by atoms with van der Waals surface area (Å²) in [4.78, 5) is 20.3. The van der Waals surface area contributed by atoms with Crippen LogP contribution in [0.2, 0.25) is 0 Å². The van der Waals surface area contributed by atoms with Crippen LogP contribution in [0.3, 0.4) is 0 Å². The maximum absolute atomic E-state index is 11.6. The van der Waals surface area contributed by atoms with Gasteiger partial charge in [0, 0.05) is 31.7 Å². The van der Waals surface area contributed by atoms with Crippen LogP contribution in [0, 0.1) is 0 Å². The molecule has 1 aromatic heterocycles. The lowest BCUT2D eigenvalue weighted by Crippen LogP contribution is -2.38. The first kappa shape index (κ1) is 16.3. The Hall–Kier alpha value is -2.11. The van der Waals surface area contributed by atoms with Gasteiger partial charge in [0.25, 0.3) is 0 Å². The molecule has 1 fully saturated rings. The molecule has 22 heavy (non-hydrogen) atoms. The van der Waals surface area contributed by atoms with Crippen molar-refractivity contribution in [3.05, 3.63) is 30.1 Å². The quantitative estimate of drug-likeness (QED) is 0.383. The number of hydrogen-bond acceptors (Lipinski definition) is 3. The lowest BCUT2D eigenvalue weighted by atomic mass is 10.3. The van der Waals surface area contributed by atoms with Gasteiger partial charge in [0.2, 0.25) is 5.91 Å². The molecule has 1 amide bonds. The number of guanidine groups is 1. The molecule has 2 rings (SSSR count). The second-order valence-corrected chi connectivity index (χ2v) is 5.39. The van der Waals surface area contributed by atoms with Crippen molar-refractivity contribution in [2.45, 2.75) is 45.2 Å². The summed E-state index contributed by atoms with van der Waals surface area (Å²) < 4.78 is 0. The number of amides is 1. The molecule has 1 aliphatic carbocycles. The molecule has 1 saturated carbocycles. The van der Waals surface area contributed by atoms with Crippen molar-refractivity contribution in [3.63, 3.8) is 0 Å². The molecule has 0 aliphatic heterocycles. The van der Waals surface area contributed by atoms with Crippen LogP contribution in [-0.2, 0) is 11.3 Å². The Morgan fingerprint density at radius 3 is 2.91 bits per heavy atom. The first-order valence-corrected chi connectivity index (χ1v) is 7.99. The number of aliphatic imine (C=N–C) groups is 1. The Morgan fingerprint density at radius 1 is 1.36 bits per heavy atom. The molecule has 6 nitrogen and oxygen atoms in total. The Kier molecular flexibility index (Phi) is 6.67. The third-order valence-electron chi connectivity index (χ3n) is 3.29. The molecule has 0 aromatic carbocycles. The number of carbonyl (C=O) groups is 1. The van der Waals surface area contributed by atoms with Gasteiger partial charge in [0.15, 0.2) is 5.96 Å². The van der Waals surface area contributed by atoms with Crippen molar-refractivity contribution in [2.24, 2.45) is 4.99 Å². The van der Waals surface area contributed by atoms with Gasteiger partial charge in [-0.2, -0.15) is 0 Å². The Labute approximate surface area is 131 Å². The minimum absolute atomic E-state index is 0.153. The summed E-state index contributed by atoms with van der Waals surface area (Å²) in [5.41, 5.74) is 0.934. The van der Waals surface area contributed by atoms with Gasteiger partial charge in [0.05, 0.1) is 12.2 Å². The van der Waals surface area contributed by atoms with E-state index in [1.165, 1.54) is 0 Å². The van der Waals surface area contributed by atoms with Gasteiger partial charge in [-0.05, 0) is 38.3 Å². The number of carbonyl (C=O) groups excluding carboxylic acids is 1. The SMILES string of the molecule is CCNC(=NCc1ccccn1)NCCCC(=O)NC1CC1. The highest BCUT2D eigenvalue weighted by Gasteiger charge is 2.22. The molecule has 0 bridgehead atoms. The summed E-state index contributed by atoms with van der Waals surface area (Å²) in [6.45, 7) is 4.10. The van der Waals surface area contributed by atoms with Gasteiger partial charge < -0.3 is 16.0 Å². The highest BCUT2D eigenvalue weighted by Crippen LogP contribution is 2.18. The average molecular weight is 303 g/mol. The minimum atomic E-state index is 0.153. The van der Waals surface area contributed by atoms with Crippen LogP contribution in [0.4, 0.5) is 0 Å². The van der Waals surface area contributed by atoms with Crippen molar-refractivity contribution in [1.29, 1.82) is 0 Å². The number of hydrogen-bond donors (Lipinski definition) is 3. The van der Waals surface area contributed by atoms with Gasteiger partial charge in [-0.1, -0.05) is 6.07 Å². The molecular weight excluding hydrogens is 278 g/mol. The topological polar surface area (TPSA) is 78.4 Å². The predicted molar refractivity (Wildman–Crippen MR) is 87.5 cm³/mol. The molecule has 1 aromatic rings. The summed E-state index contributed by atoms with van der Waals surface area (Å²) in [5.74, 6) is 0.912. The maximum Gasteiger partial charge on any atom is 0.220 e. The van der Waals surface area contributed by atoms with Gasteiger partial charge in [-0.3, -0.25) is 9.78 Å². The molecule has 0 saturated heterocycles. The zero-order valence-corrected chi connectivity index (χ0v) is 13.1. The van der Waals surface area contributed by atoms with E-state index in [9.17, 15) is 4.79 Å². The van der Waals surface area contributed by atoms with Crippen LogP contribution < -0.4 is 16.0 Å². The predicted octanol–water partition coefficient (Wildman–Crippen LogP) is 1.20. The van der Waals surface area contributed by atoms with E-state index in [-0.39, 0.29) is 5.91 Å². The standard InChI is InChI=1S/C16H25N5O/c1-2-17-16(20-12-14-6-3-4-10-18-14)19-11-5-7-15(22)21-13-8-9-13/h3-4,6,10,13H,2,5,7-9,11-12H2,1H3,(H,21,22)(H2,17,19,20). The number of pyridine rings is 1. The Balaban J connectivity index is 1.67. The molecule has 120 valence electrons. The molecule has 6 heteroatoms. The van der Waals surface area contributed by atoms with Crippen LogP contribution >= 0.6 is 0 Å². The van der Waals surface area contributed by atoms with Crippen molar-refractivity contribution in [2.75, 3.05) is 13.1 Å². The monoisotopic (exact) mass is 303 g/mol. The van der Waals surface area contributed by atoms with E-state index < -0.39 is 0 Å². The van der Waals surface area contributed by atoms with Gasteiger partial charge in [-0.15, -0.1) is 0 Å². The molecule has 0 spiro atoms. The molecule has 0 atom stereocenters. The Morgan fingerprint density at radius 2 is 2.23 bits per heavy atom. The van der Waals surface area contributed by atoms with Crippen LogP contribution in [-0.4, -0.2) is 36.0 Å². The number of nitrogens with one attached hydrogen (secondary N) is 3. The van der Waals surface area contributed by atoms with E-state index in [4.69, 9.17) is 0 Å². The van der Waals surface area contributed by atoms with E-state index in [0.29, 0.717) is 19.0 Å². The number of rotatable bonds is 8. The highest BCUT2D eigenvalue weighted by molar-refractivity contribution is 5.80. The maximum atomic E-state index is 11.6. The molecule has 1 heterocycles. The zero-order valence-electron chi connectivity index (χ0n) is 13.1. The van der Waals surface area contributed by atoms with E-state index in [1.54, 1.807) is 6.20 Å². The van der Waals surface area contributed by atoms with Gasteiger partial charge in [-0.25, -0.2) is 4.99 Å². The molecule has 3 N–H and O–H groups in total. The van der Waals surface area contributed by atoms with E-state index in [1.807, 2.05) is 25.1 Å². The fourth-order valence-electron chi connectivity index (χ4n) is 1.98. The van der Waals surface area contributed by atoms with Crippen molar-refractivity contribution < 1.29 is 4.79 Å². The number of nitrogens with zero attached hydrogens (tertiary/aromatic N) is 2. The fraction of sp³-hybridized carbons (Fsp3) is 0.562. The first-order valence-electron chi connectivity index (χ1n) is 7.99. The smallest absolute Gasteiger partial charge is 0.220 e. The highest BCUT2D eigenvalue weighted by atomic mass is 16.1. The van der Waals surface area contributed by atoms with Crippen molar-refractivity contribution in [3.8, 4) is 0 Å². The van der Waals surface area contributed by atoms with Gasteiger partial charge >= 0.3 is 0 Å². The third-order valence-corrected chi connectivity index (χ3v) is 3.29. The summed E-state index contributed by atoms with van der Waals surface area (Å²) in [5, 5.41) is 9.43. The largest absolute Gasteiger partial charge is 0.357 e. The van der Waals surface area contributed by atoms with Gasteiger partial charge in [0.1, 0.15) is 0 Å². The Bertz CT molecular complexity index is 485. The summed E-state index contributed by atoms with van der Waals surface area (Å²) >= 11 is 0. The molecule has 0 unspecified atom stereocenters. The van der Waals surface area contributed by atoms with Crippen LogP contribution in [0.15, 0.2) is 29.4 Å². The average Bonchev–Trinajstić information content (AvgIpc) is 3.34. The zero-order chi connectivity index (χ0) is 15.6. The second kappa shape index (κ2) is 9.02. The van der Waals surface area contributed by atoms with Crippen molar-refractivity contribution >= 4 is 11.9 Å². The summed E-state index contributed by atoms with van der Waals surface area (Å²) in [6, 6.07) is 6.24. The lowest BCUT2D eigenvalue weighted by molar-refractivity contribution is -0.121. The molecule has 0 radical (unpaired) electrons. The van der Waals surface area contributed by atoms with Crippen LogP contribution in [0.1, 0.15) is 38.3 Å². The van der Waals surface area contributed by atoms with E-state index >= 15 is 0 Å². The normalized spacial score (nSPS) is 14.5. The van der Waals surface area contributed by atoms with Crippen LogP contribution in [0.25, 0.3) is 0 Å². The molecular formula is C16H25N5O. The first-order chi connectivity index (χ1) is 10.8. The van der Waals surface area contributed by atoms with E-state index in [2.05, 4.69) is 25.9 Å². The number of aromatic nitrogens is 1. The fourth-order valence-corrected chi connectivity index (χ4v) is 1.98. The third kappa shape index (κ3) is 6.56. The van der Waals surface area contributed by atoms with E-state index in [0.717, 1.165) is 44.0 Å². The van der Waals surface area contributed by atoms with Crippen LogP contribution in [0.5, 0.6) is 0 Å². The molecule has 1 aliphatic rings. The summed E-state index contributed by atoms with van der Waals surface area (Å²) in [6.07, 6.45) is 5.39. The van der Waals surface area contributed by atoms with Crippen molar-refractivity contribution in [1.82, 2.24) is 20.9 Å². The second-order valence-electron chi connectivity index (χ2n) is 5.39. The minimum Gasteiger partial charge on any atom is -0.357 e. The lowest BCUT2D eigenvalue weighted by Gasteiger charge is -2.11.